The predicted molar refractivity (Wildman–Crippen MR) is 648 cm³/mol. The van der Waals surface area contributed by atoms with Gasteiger partial charge >= 0.3 is 0 Å². The van der Waals surface area contributed by atoms with Gasteiger partial charge in [0.05, 0.1) is 0 Å². The number of benzene rings is 16. The summed E-state index contributed by atoms with van der Waals surface area (Å²) in [4.78, 5) is 0. The van der Waals surface area contributed by atoms with Crippen LogP contribution < -0.4 is 20.7 Å². The number of fused-ring (bicyclic) bond motifs is 12. The molecule has 1 heteroatoms. The number of rotatable bonds is 52. The van der Waals surface area contributed by atoms with Crippen molar-refractivity contribution in [2.45, 2.75) is 334 Å². The van der Waals surface area contributed by atoms with Crippen LogP contribution in [0.2, 0.25) is 0 Å². The molecule has 0 atom stereocenters. The van der Waals surface area contributed by atoms with E-state index in [1.165, 1.54) is 411 Å². The third-order valence-electron chi connectivity index (χ3n) is 36.2. The molecular formula is C148H164Si. The van der Waals surface area contributed by atoms with Gasteiger partial charge in [-0.15, -0.1) is 0 Å². The fourth-order valence-electron chi connectivity index (χ4n) is 28.1. The summed E-state index contributed by atoms with van der Waals surface area (Å²) in [7, 11) is -3.29. The maximum absolute atomic E-state index is 3.29. The van der Waals surface area contributed by atoms with Crippen LogP contribution in [0.1, 0.15) is 357 Å². The molecule has 0 radical (unpaired) electrons. The van der Waals surface area contributed by atoms with Gasteiger partial charge in [-0.2, -0.15) is 0 Å². The van der Waals surface area contributed by atoms with Crippen LogP contribution in [-0.4, -0.2) is 8.07 Å². The quantitative estimate of drug-likeness (QED) is 0.0202. The van der Waals surface area contributed by atoms with E-state index in [4.69, 9.17) is 0 Å². The first kappa shape index (κ1) is 104. The Hall–Kier alpha value is -12.3. The van der Waals surface area contributed by atoms with E-state index in [1.54, 1.807) is 44.5 Å². The second kappa shape index (κ2) is 48.4. The van der Waals surface area contributed by atoms with Crippen LogP contribution in [0.4, 0.5) is 0 Å². The Labute approximate surface area is 898 Å². The van der Waals surface area contributed by atoms with Gasteiger partial charge in [0.25, 0.3) is 0 Å². The van der Waals surface area contributed by atoms with Gasteiger partial charge < -0.3 is 0 Å². The average Bonchev–Trinajstić information content (AvgIpc) is 1.64. The summed E-state index contributed by atoms with van der Waals surface area (Å²) in [5.41, 5.74) is 44.2. The summed E-state index contributed by atoms with van der Waals surface area (Å²) in [6.07, 6.45) is 50.4. The lowest BCUT2D eigenvalue weighted by molar-refractivity contribution is 0.401. The third kappa shape index (κ3) is 21.0. The van der Waals surface area contributed by atoms with Gasteiger partial charge in [-0.3, -0.25) is 0 Å². The first-order chi connectivity index (χ1) is 73.5. The minimum absolute atomic E-state index is 0.0240. The minimum Gasteiger partial charge on any atom is -0.0654 e. The van der Waals surface area contributed by atoms with Crippen molar-refractivity contribution in [2.24, 2.45) is 0 Å². The molecule has 4 aliphatic carbocycles. The van der Waals surface area contributed by atoms with E-state index < -0.39 is 8.07 Å². The number of unbranched alkanes of at least 4 members (excludes halogenated alkanes) is 24. The third-order valence-corrected chi connectivity index (χ3v) is 41.0. The van der Waals surface area contributed by atoms with Crippen molar-refractivity contribution in [2.75, 3.05) is 0 Å². The Morgan fingerprint density at radius 2 is 0.262 bits per heavy atom. The van der Waals surface area contributed by atoms with Crippen LogP contribution in [0.15, 0.2) is 364 Å². The van der Waals surface area contributed by atoms with Crippen LogP contribution >= 0.6 is 0 Å². The first-order valence-corrected chi connectivity index (χ1v) is 61.3. The second-order valence-corrected chi connectivity index (χ2v) is 49.2. The van der Waals surface area contributed by atoms with E-state index in [0.717, 1.165) is 0 Å². The highest BCUT2D eigenvalue weighted by molar-refractivity contribution is 7.20. The molecular weight excluding hydrogens is 1810 g/mol. The Morgan fingerprint density at radius 1 is 0.128 bits per heavy atom. The zero-order valence-corrected chi connectivity index (χ0v) is 92.4. The van der Waals surface area contributed by atoms with E-state index in [2.05, 4.69) is 419 Å². The SMILES string of the molecule is CCCCCCC1(CCCCCC)c2ccccc2-c2ccc(-c3ccc(-c4ccc([Si](c5ccc(-c6ccc(-c7ccc8c(c7)C(CCCCCC)(CCCCCC)c7ccccc7-8)cc6)cc5)(c5ccc(-c6ccc(-c7ccc8c(c7)C(CCCCCC)(CCCCCC)c7ccccc7-8)cc6)cc5)c5ccc(-c6ccc(-c7ccc8c(c7)C(CCCCCC)(CCCCCC)c7ccccc7-8)cc6)cc5)cc4)cc3)cc21. The monoisotopic (exact) mass is 1970 g/mol. The average molecular weight is 1970 g/mol. The van der Waals surface area contributed by atoms with Crippen LogP contribution in [0.25, 0.3) is 134 Å². The molecule has 4 aliphatic rings. The molecule has 16 aromatic rings. The molecule has 0 amide bonds. The Kier molecular flexibility index (Phi) is 33.7. The van der Waals surface area contributed by atoms with Gasteiger partial charge in [0.1, 0.15) is 0 Å². The van der Waals surface area contributed by atoms with Gasteiger partial charge in [-0.25, -0.2) is 0 Å². The molecule has 0 bridgehead atoms. The molecule has 0 fully saturated rings. The van der Waals surface area contributed by atoms with Crippen molar-refractivity contribution in [1.82, 2.24) is 0 Å². The maximum Gasteiger partial charge on any atom is 0.179 e. The lowest BCUT2D eigenvalue weighted by Gasteiger charge is -2.35. The van der Waals surface area contributed by atoms with Crippen molar-refractivity contribution in [3.05, 3.63) is 408 Å². The molecule has 0 spiro atoms. The fraction of sp³-hybridized carbons (Fsp3) is 0.351. The van der Waals surface area contributed by atoms with Crippen molar-refractivity contribution < 1.29 is 0 Å². The molecule has 0 saturated heterocycles. The molecule has 16 aromatic carbocycles. The van der Waals surface area contributed by atoms with Crippen LogP contribution in [0.5, 0.6) is 0 Å². The molecule has 0 saturated carbocycles. The van der Waals surface area contributed by atoms with E-state index in [0.29, 0.717) is 0 Å². The molecule has 0 aromatic heterocycles. The molecule has 20 rings (SSSR count). The van der Waals surface area contributed by atoms with E-state index in [1.807, 2.05) is 0 Å². The largest absolute Gasteiger partial charge is 0.179 e. The summed E-state index contributed by atoms with van der Waals surface area (Å²) in [6, 6.07) is 146. The Morgan fingerprint density at radius 3 is 0.423 bits per heavy atom. The zero-order valence-electron chi connectivity index (χ0n) is 91.4. The second-order valence-electron chi connectivity index (χ2n) is 45.4. The Bertz CT molecular complexity index is 6210. The van der Waals surface area contributed by atoms with Crippen LogP contribution in [0, 0.1) is 0 Å². The van der Waals surface area contributed by atoms with Gasteiger partial charge in [0.15, 0.2) is 8.07 Å². The van der Waals surface area contributed by atoms with E-state index in [-0.39, 0.29) is 21.7 Å². The van der Waals surface area contributed by atoms with Crippen molar-refractivity contribution in [3.63, 3.8) is 0 Å². The normalized spacial score (nSPS) is 13.9. The van der Waals surface area contributed by atoms with Gasteiger partial charge in [0.2, 0.25) is 0 Å². The molecule has 760 valence electrons. The molecule has 0 aliphatic heterocycles. The number of hydrogen-bond acceptors (Lipinski definition) is 0. The highest BCUT2D eigenvalue weighted by Gasteiger charge is 2.48. The summed E-state index contributed by atoms with van der Waals surface area (Å²) in [5.74, 6) is 0. The lowest BCUT2D eigenvalue weighted by Crippen LogP contribution is -2.74. The fourth-order valence-corrected chi connectivity index (χ4v) is 32.8. The van der Waals surface area contributed by atoms with Gasteiger partial charge in [-0.1, -0.05) is 601 Å². The minimum atomic E-state index is -3.29. The van der Waals surface area contributed by atoms with E-state index >= 15 is 0 Å². The summed E-state index contributed by atoms with van der Waals surface area (Å²) in [6.45, 7) is 18.8. The lowest BCUT2D eigenvalue weighted by atomic mass is 9.70. The highest BCUT2D eigenvalue weighted by atomic mass is 28.3. The molecule has 0 heterocycles. The van der Waals surface area contributed by atoms with Gasteiger partial charge in [0, 0.05) is 21.7 Å². The first-order valence-electron chi connectivity index (χ1n) is 59.3. The van der Waals surface area contributed by atoms with E-state index in [9.17, 15) is 0 Å². The summed E-state index contributed by atoms with van der Waals surface area (Å²) >= 11 is 0. The Balaban J connectivity index is 0.685. The van der Waals surface area contributed by atoms with Crippen LogP contribution in [0.3, 0.4) is 0 Å². The highest BCUT2D eigenvalue weighted by Crippen LogP contribution is 2.61. The summed E-state index contributed by atoms with van der Waals surface area (Å²) < 4.78 is 0. The smallest absolute Gasteiger partial charge is 0.0654 e. The van der Waals surface area contributed by atoms with Gasteiger partial charge in [-0.05, 0) is 274 Å². The number of hydrogen-bond donors (Lipinski definition) is 0. The van der Waals surface area contributed by atoms with Crippen LogP contribution in [-0.2, 0) is 21.7 Å². The van der Waals surface area contributed by atoms with Crippen molar-refractivity contribution in [3.8, 4) is 134 Å². The standard InChI is InChI=1S/C148H164Si/c1-9-17-25-41-97-145(98-42-26-18-10-2)137-53-37-33-49-129(137)133-93-81-121(105-141(133)145)117-65-57-109(58-66-117)113-73-85-125(86-74-113)149(126-87-75-114(76-88-126)110-59-67-118(68-60-110)122-82-94-134-130-50-34-38-54-138(130)146(142(134)106-122,99-43-27-19-11-3)100-44-28-20-12-4,127-89-77-115(78-90-127)111-61-69-119(70-62-111)123-83-95-135-131-51-35-39-55-139(131)147(143(135)107-123,101-45-29-21-13-5)102-46-30-22-14-6)128-91-79-116(80-92-128)112-63-71-120(72-64-112)124-84-96-136-132-52-36-40-56-140(132)148(144(136)108-124,103-47-31-23-15-7)104-48-32-24-16-8/h33-40,49-96,105-108H,9-32,41-48,97-104H2,1-8H3. The molecule has 0 nitrogen and oxygen atoms in total. The van der Waals surface area contributed by atoms with Crippen molar-refractivity contribution in [1.29, 1.82) is 0 Å². The molecule has 0 unspecified atom stereocenters. The predicted octanol–water partition coefficient (Wildman–Crippen LogP) is 41.2. The molecule has 149 heavy (non-hydrogen) atoms. The van der Waals surface area contributed by atoms with Crippen molar-refractivity contribution >= 4 is 28.8 Å². The molecule has 0 N–H and O–H groups in total. The summed E-state index contributed by atoms with van der Waals surface area (Å²) in [5, 5.41) is 5.41. The maximum atomic E-state index is 2.62. The topological polar surface area (TPSA) is 0 Å². The zero-order chi connectivity index (χ0) is 102.